The monoisotopic (exact) mass is 216 g/mol. The number of ether oxygens (including phenoxy) is 1. The fraction of sp³-hybridized carbons (Fsp3) is 0.125. The van der Waals surface area contributed by atoms with Gasteiger partial charge in [-0.25, -0.2) is 4.98 Å². The number of nitriles is 1. The van der Waals surface area contributed by atoms with E-state index in [4.69, 9.17) is 5.26 Å². The molecule has 0 amide bonds. The van der Waals surface area contributed by atoms with E-state index in [1.165, 1.54) is 6.07 Å². The van der Waals surface area contributed by atoms with Gasteiger partial charge in [-0.3, -0.25) is 4.79 Å². The number of carbonyl (C=O) groups is 1. The second-order valence-electron chi connectivity index (χ2n) is 2.36. The highest BCUT2D eigenvalue weighted by Gasteiger charge is 2.32. The Balaban J connectivity index is 3.10. The van der Waals surface area contributed by atoms with E-state index in [-0.39, 0.29) is 5.69 Å². The number of alkyl halides is 3. The van der Waals surface area contributed by atoms with E-state index in [1.54, 1.807) is 0 Å². The normalized spacial score (nSPS) is 10.5. The van der Waals surface area contributed by atoms with Gasteiger partial charge < -0.3 is 4.74 Å². The van der Waals surface area contributed by atoms with Gasteiger partial charge in [0.2, 0.25) is 0 Å². The topological polar surface area (TPSA) is 63.0 Å². The molecule has 78 valence electrons. The van der Waals surface area contributed by atoms with Crippen molar-refractivity contribution in [1.29, 1.82) is 5.26 Å². The van der Waals surface area contributed by atoms with Crippen LogP contribution in [0.4, 0.5) is 13.2 Å². The van der Waals surface area contributed by atoms with Gasteiger partial charge in [-0.1, -0.05) is 0 Å². The average molecular weight is 216 g/mol. The van der Waals surface area contributed by atoms with Crippen molar-refractivity contribution in [2.45, 2.75) is 6.36 Å². The lowest BCUT2D eigenvalue weighted by Gasteiger charge is -2.09. The van der Waals surface area contributed by atoms with Crippen molar-refractivity contribution >= 4 is 6.29 Å². The molecule has 0 saturated heterocycles. The SMILES string of the molecule is N#Cc1nc(C=O)ccc1OC(F)(F)F. The summed E-state index contributed by atoms with van der Waals surface area (Å²) in [7, 11) is 0. The number of pyridine rings is 1. The molecule has 1 aromatic rings. The van der Waals surface area contributed by atoms with Crippen molar-refractivity contribution in [2.75, 3.05) is 0 Å². The van der Waals surface area contributed by atoms with E-state index in [2.05, 4.69) is 9.72 Å². The molecule has 15 heavy (non-hydrogen) atoms. The summed E-state index contributed by atoms with van der Waals surface area (Å²) in [4.78, 5) is 13.6. The van der Waals surface area contributed by atoms with E-state index in [0.717, 1.165) is 12.1 Å². The molecule has 0 radical (unpaired) electrons. The third-order valence-corrected chi connectivity index (χ3v) is 1.33. The summed E-state index contributed by atoms with van der Waals surface area (Å²) in [6.07, 6.45) is -4.58. The first kappa shape index (κ1) is 11.0. The van der Waals surface area contributed by atoms with Crippen molar-refractivity contribution in [3.63, 3.8) is 0 Å². The Morgan fingerprint density at radius 2 is 2.13 bits per heavy atom. The fourth-order valence-electron chi connectivity index (χ4n) is 0.814. The molecule has 0 N–H and O–H groups in total. The summed E-state index contributed by atoms with van der Waals surface area (Å²) >= 11 is 0. The minimum Gasteiger partial charge on any atom is -0.403 e. The van der Waals surface area contributed by atoms with Crippen LogP contribution >= 0.6 is 0 Å². The Morgan fingerprint density at radius 1 is 1.47 bits per heavy atom. The van der Waals surface area contributed by atoms with Crippen LogP contribution in [-0.4, -0.2) is 17.6 Å². The van der Waals surface area contributed by atoms with E-state index >= 15 is 0 Å². The number of aldehydes is 1. The zero-order chi connectivity index (χ0) is 11.5. The maximum atomic E-state index is 11.8. The van der Waals surface area contributed by atoms with Crippen molar-refractivity contribution in [3.8, 4) is 11.8 Å². The largest absolute Gasteiger partial charge is 0.573 e. The van der Waals surface area contributed by atoms with Gasteiger partial charge in [-0.2, -0.15) is 5.26 Å². The lowest BCUT2D eigenvalue weighted by Crippen LogP contribution is -2.18. The lowest BCUT2D eigenvalue weighted by atomic mass is 10.3. The van der Waals surface area contributed by atoms with Gasteiger partial charge in [0.25, 0.3) is 0 Å². The Morgan fingerprint density at radius 3 is 2.60 bits per heavy atom. The van der Waals surface area contributed by atoms with E-state index in [0.29, 0.717) is 6.29 Å². The van der Waals surface area contributed by atoms with Crippen LogP contribution in [0.1, 0.15) is 16.2 Å². The number of halogens is 3. The minimum absolute atomic E-state index is 0.138. The molecular weight excluding hydrogens is 213 g/mol. The summed E-state index contributed by atoms with van der Waals surface area (Å²) in [6.45, 7) is 0. The molecule has 0 saturated carbocycles. The number of aromatic nitrogens is 1. The quantitative estimate of drug-likeness (QED) is 0.705. The van der Waals surface area contributed by atoms with Gasteiger partial charge in [0.05, 0.1) is 0 Å². The Labute approximate surface area is 81.9 Å². The summed E-state index contributed by atoms with van der Waals surface area (Å²) in [5.41, 5.74) is -0.724. The highest BCUT2D eigenvalue weighted by atomic mass is 19.4. The van der Waals surface area contributed by atoms with Crippen LogP contribution in [0.15, 0.2) is 12.1 Å². The first-order chi connectivity index (χ1) is 6.96. The molecule has 0 bridgehead atoms. The predicted molar refractivity (Wildman–Crippen MR) is 41.0 cm³/mol. The molecule has 0 aliphatic heterocycles. The smallest absolute Gasteiger partial charge is 0.403 e. The third-order valence-electron chi connectivity index (χ3n) is 1.33. The second kappa shape index (κ2) is 3.96. The Bertz CT molecular complexity index is 423. The predicted octanol–water partition coefficient (Wildman–Crippen LogP) is 1.66. The number of rotatable bonds is 2. The standard InChI is InChI=1S/C8H3F3N2O2/c9-8(10,11)15-7-2-1-5(4-14)13-6(7)3-12/h1-2,4H. The molecular formula is C8H3F3N2O2. The van der Waals surface area contributed by atoms with Gasteiger partial charge >= 0.3 is 6.36 Å². The van der Waals surface area contributed by atoms with E-state index in [9.17, 15) is 18.0 Å². The lowest BCUT2D eigenvalue weighted by molar-refractivity contribution is -0.274. The molecule has 0 fully saturated rings. The number of hydrogen-bond donors (Lipinski definition) is 0. The first-order valence-corrected chi connectivity index (χ1v) is 3.58. The Hall–Kier alpha value is -2.10. The molecule has 0 atom stereocenters. The maximum absolute atomic E-state index is 11.8. The van der Waals surface area contributed by atoms with Crippen molar-refractivity contribution in [1.82, 2.24) is 4.98 Å². The first-order valence-electron chi connectivity index (χ1n) is 3.58. The minimum atomic E-state index is -4.89. The molecule has 0 aromatic carbocycles. The van der Waals surface area contributed by atoms with Crippen molar-refractivity contribution < 1.29 is 22.7 Å². The van der Waals surface area contributed by atoms with Gasteiger partial charge in [-0.05, 0) is 12.1 Å². The van der Waals surface area contributed by atoms with Crippen molar-refractivity contribution in [3.05, 3.63) is 23.5 Å². The third kappa shape index (κ3) is 2.95. The molecule has 1 aromatic heterocycles. The summed E-state index contributed by atoms with van der Waals surface area (Å²) < 4.78 is 39.0. The highest BCUT2D eigenvalue weighted by molar-refractivity contribution is 5.72. The van der Waals surface area contributed by atoms with Gasteiger partial charge in [0.1, 0.15) is 11.8 Å². The molecule has 1 rings (SSSR count). The maximum Gasteiger partial charge on any atom is 0.573 e. The molecule has 0 aliphatic carbocycles. The molecule has 1 heterocycles. The van der Waals surface area contributed by atoms with Crippen LogP contribution < -0.4 is 4.74 Å². The summed E-state index contributed by atoms with van der Waals surface area (Å²) in [5, 5.41) is 8.46. The van der Waals surface area contributed by atoms with Crippen LogP contribution in [0.2, 0.25) is 0 Å². The second-order valence-corrected chi connectivity index (χ2v) is 2.36. The highest BCUT2D eigenvalue weighted by Crippen LogP contribution is 2.24. The number of hydrogen-bond acceptors (Lipinski definition) is 4. The van der Waals surface area contributed by atoms with Crippen molar-refractivity contribution in [2.24, 2.45) is 0 Å². The Kier molecular flexibility index (Phi) is 2.90. The fourth-order valence-corrected chi connectivity index (χ4v) is 0.814. The molecule has 0 spiro atoms. The van der Waals surface area contributed by atoms with Crippen LogP contribution in [0, 0.1) is 11.3 Å². The van der Waals surface area contributed by atoms with E-state index in [1.807, 2.05) is 0 Å². The van der Waals surface area contributed by atoms with Crippen LogP contribution in [0.3, 0.4) is 0 Å². The average Bonchev–Trinajstić information content (AvgIpc) is 2.16. The zero-order valence-corrected chi connectivity index (χ0v) is 7.08. The molecule has 7 heteroatoms. The van der Waals surface area contributed by atoms with Gasteiger partial charge in [0, 0.05) is 0 Å². The zero-order valence-electron chi connectivity index (χ0n) is 7.08. The summed E-state index contributed by atoms with van der Waals surface area (Å²) in [5.74, 6) is -0.726. The van der Waals surface area contributed by atoms with Crippen LogP contribution in [0.5, 0.6) is 5.75 Å². The molecule has 0 unspecified atom stereocenters. The van der Waals surface area contributed by atoms with Crippen LogP contribution in [-0.2, 0) is 0 Å². The number of carbonyl (C=O) groups excluding carboxylic acids is 1. The van der Waals surface area contributed by atoms with Crippen LogP contribution in [0.25, 0.3) is 0 Å². The van der Waals surface area contributed by atoms with Gasteiger partial charge in [0.15, 0.2) is 17.7 Å². The number of nitrogens with zero attached hydrogens (tertiary/aromatic N) is 2. The summed E-state index contributed by atoms with van der Waals surface area (Å²) in [6, 6.07) is 3.28. The van der Waals surface area contributed by atoms with E-state index < -0.39 is 17.8 Å². The molecule has 4 nitrogen and oxygen atoms in total. The molecule has 0 aliphatic rings. The van der Waals surface area contributed by atoms with Gasteiger partial charge in [-0.15, -0.1) is 13.2 Å².